The third kappa shape index (κ3) is 2.28. The zero-order valence-electron chi connectivity index (χ0n) is 7.73. The molecule has 13 heavy (non-hydrogen) atoms. The Balaban J connectivity index is 2.01. The highest BCUT2D eigenvalue weighted by Gasteiger charge is 2.04. The standard InChI is InChI=1S/C11H13NS/c1-9-2-4-10(5-3-9)8-11-12-6-7-13-11/h2,4-7,9H,3,8H2,1H3. The average molecular weight is 191 g/mol. The smallest absolute Gasteiger partial charge is 0.0968 e. The summed E-state index contributed by atoms with van der Waals surface area (Å²) in [6, 6.07) is 0. The molecule has 0 amide bonds. The van der Waals surface area contributed by atoms with Crippen molar-refractivity contribution in [1.82, 2.24) is 4.98 Å². The van der Waals surface area contributed by atoms with Crippen LogP contribution in [0.2, 0.25) is 0 Å². The summed E-state index contributed by atoms with van der Waals surface area (Å²) in [5.74, 6) is 0.708. The van der Waals surface area contributed by atoms with Gasteiger partial charge in [-0.2, -0.15) is 0 Å². The molecule has 0 radical (unpaired) electrons. The number of allylic oxidation sites excluding steroid dienone is 4. The van der Waals surface area contributed by atoms with Crippen LogP contribution in [-0.2, 0) is 6.42 Å². The monoisotopic (exact) mass is 191 g/mol. The number of rotatable bonds is 2. The van der Waals surface area contributed by atoms with E-state index in [1.165, 1.54) is 17.0 Å². The van der Waals surface area contributed by atoms with Gasteiger partial charge in [-0.3, -0.25) is 0 Å². The maximum absolute atomic E-state index is 4.27. The molecule has 0 N–H and O–H groups in total. The molecule has 1 aliphatic rings. The van der Waals surface area contributed by atoms with Gasteiger partial charge >= 0.3 is 0 Å². The molecule has 0 aromatic carbocycles. The highest BCUT2D eigenvalue weighted by Crippen LogP contribution is 2.19. The van der Waals surface area contributed by atoms with Crippen molar-refractivity contribution in [2.75, 3.05) is 0 Å². The first kappa shape index (κ1) is 8.70. The highest BCUT2D eigenvalue weighted by molar-refractivity contribution is 7.09. The molecule has 0 bridgehead atoms. The van der Waals surface area contributed by atoms with Crippen LogP contribution in [0.5, 0.6) is 0 Å². The molecule has 0 saturated heterocycles. The van der Waals surface area contributed by atoms with Crippen LogP contribution < -0.4 is 0 Å². The van der Waals surface area contributed by atoms with Crippen LogP contribution in [0.3, 0.4) is 0 Å². The molecule has 1 aliphatic carbocycles. The van der Waals surface area contributed by atoms with Crippen LogP contribution in [0.15, 0.2) is 35.4 Å². The molecule has 0 fully saturated rings. The minimum atomic E-state index is 0.708. The van der Waals surface area contributed by atoms with E-state index in [2.05, 4.69) is 30.1 Å². The Labute approximate surface area is 82.8 Å². The Morgan fingerprint density at radius 1 is 1.62 bits per heavy atom. The van der Waals surface area contributed by atoms with Gasteiger partial charge in [-0.15, -0.1) is 11.3 Å². The van der Waals surface area contributed by atoms with Gasteiger partial charge in [-0.05, 0) is 17.9 Å². The zero-order chi connectivity index (χ0) is 9.10. The molecule has 1 aromatic heterocycles. The van der Waals surface area contributed by atoms with E-state index in [0.29, 0.717) is 5.92 Å². The molecule has 1 aromatic rings. The van der Waals surface area contributed by atoms with Gasteiger partial charge in [0, 0.05) is 18.0 Å². The summed E-state index contributed by atoms with van der Waals surface area (Å²) < 4.78 is 0. The van der Waals surface area contributed by atoms with Crippen LogP contribution >= 0.6 is 11.3 Å². The summed E-state index contributed by atoms with van der Waals surface area (Å²) in [5, 5.41) is 3.25. The maximum atomic E-state index is 4.27. The average Bonchev–Trinajstić information content (AvgIpc) is 2.62. The van der Waals surface area contributed by atoms with Gasteiger partial charge in [-0.1, -0.05) is 25.2 Å². The molecular formula is C11H13NS. The largest absolute Gasteiger partial charge is 0.249 e. The summed E-state index contributed by atoms with van der Waals surface area (Å²) >= 11 is 1.73. The van der Waals surface area contributed by atoms with Gasteiger partial charge in [0.1, 0.15) is 0 Å². The topological polar surface area (TPSA) is 12.9 Å². The van der Waals surface area contributed by atoms with E-state index >= 15 is 0 Å². The SMILES string of the molecule is CC1C=CC(Cc2nccs2)=CC1. The van der Waals surface area contributed by atoms with E-state index in [0.717, 1.165) is 6.42 Å². The van der Waals surface area contributed by atoms with Gasteiger partial charge < -0.3 is 0 Å². The van der Waals surface area contributed by atoms with Gasteiger partial charge in [0.25, 0.3) is 0 Å². The van der Waals surface area contributed by atoms with E-state index < -0.39 is 0 Å². The molecule has 1 heterocycles. The van der Waals surface area contributed by atoms with Gasteiger partial charge in [0.2, 0.25) is 0 Å². The van der Waals surface area contributed by atoms with E-state index in [1.807, 2.05) is 11.6 Å². The van der Waals surface area contributed by atoms with Crippen molar-refractivity contribution >= 4 is 11.3 Å². The van der Waals surface area contributed by atoms with E-state index in [9.17, 15) is 0 Å². The Kier molecular flexibility index (Phi) is 2.60. The number of hydrogen-bond acceptors (Lipinski definition) is 2. The fourth-order valence-corrected chi connectivity index (χ4v) is 2.07. The van der Waals surface area contributed by atoms with E-state index in [-0.39, 0.29) is 0 Å². The zero-order valence-corrected chi connectivity index (χ0v) is 8.55. The predicted octanol–water partition coefficient (Wildman–Crippen LogP) is 3.21. The fourth-order valence-electron chi connectivity index (χ4n) is 1.42. The van der Waals surface area contributed by atoms with Crippen molar-refractivity contribution in [2.24, 2.45) is 5.92 Å². The normalized spacial score (nSPS) is 21.6. The summed E-state index contributed by atoms with van der Waals surface area (Å²) in [5.41, 5.74) is 1.41. The summed E-state index contributed by atoms with van der Waals surface area (Å²) in [6.45, 7) is 2.24. The minimum absolute atomic E-state index is 0.708. The van der Waals surface area contributed by atoms with Crippen LogP contribution in [0.4, 0.5) is 0 Å². The molecular weight excluding hydrogens is 178 g/mol. The fraction of sp³-hybridized carbons (Fsp3) is 0.364. The molecule has 2 heteroatoms. The first-order chi connectivity index (χ1) is 6.34. The summed E-state index contributed by atoms with van der Waals surface area (Å²) in [4.78, 5) is 4.27. The van der Waals surface area contributed by atoms with Crippen LogP contribution in [-0.4, -0.2) is 4.98 Å². The first-order valence-electron chi connectivity index (χ1n) is 4.60. The van der Waals surface area contributed by atoms with E-state index in [4.69, 9.17) is 0 Å². The van der Waals surface area contributed by atoms with Crippen LogP contribution in [0.25, 0.3) is 0 Å². The molecule has 0 spiro atoms. The Hall–Kier alpha value is -0.890. The number of aromatic nitrogens is 1. The van der Waals surface area contributed by atoms with Crippen LogP contribution in [0.1, 0.15) is 18.4 Å². The van der Waals surface area contributed by atoms with Gasteiger partial charge in [0.15, 0.2) is 0 Å². The minimum Gasteiger partial charge on any atom is -0.249 e. The lowest BCUT2D eigenvalue weighted by Crippen LogP contribution is -1.96. The molecule has 1 unspecified atom stereocenters. The van der Waals surface area contributed by atoms with Crippen molar-refractivity contribution in [1.29, 1.82) is 0 Å². The molecule has 2 rings (SSSR count). The summed E-state index contributed by atoms with van der Waals surface area (Å²) in [7, 11) is 0. The van der Waals surface area contributed by atoms with E-state index in [1.54, 1.807) is 11.3 Å². The van der Waals surface area contributed by atoms with Crippen molar-refractivity contribution in [3.05, 3.63) is 40.4 Å². The molecule has 68 valence electrons. The molecule has 1 atom stereocenters. The molecule has 1 nitrogen and oxygen atoms in total. The summed E-state index contributed by atoms with van der Waals surface area (Å²) in [6.07, 6.45) is 10.9. The second-order valence-corrected chi connectivity index (χ2v) is 4.43. The Morgan fingerprint density at radius 2 is 2.54 bits per heavy atom. The van der Waals surface area contributed by atoms with Crippen LogP contribution in [0, 0.1) is 5.92 Å². The van der Waals surface area contributed by atoms with Crippen molar-refractivity contribution in [3.63, 3.8) is 0 Å². The van der Waals surface area contributed by atoms with Crippen molar-refractivity contribution < 1.29 is 0 Å². The maximum Gasteiger partial charge on any atom is 0.0968 e. The first-order valence-corrected chi connectivity index (χ1v) is 5.48. The third-order valence-electron chi connectivity index (χ3n) is 2.23. The lowest BCUT2D eigenvalue weighted by Gasteiger charge is -2.10. The predicted molar refractivity (Wildman–Crippen MR) is 56.8 cm³/mol. The molecule has 0 aliphatic heterocycles. The van der Waals surface area contributed by atoms with Gasteiger partial charge in [-0.25, -0.2) is 4.98 Å². The quantitative estimate of drug-likeness (QED) is 0.699. The second kappa shape index (κ2) is 3.88. The van der Waals surface area contributed by atoms with Gasteiger partial charge in [0.05, 0.1) is 5.01 Å². The third-order valence-corrected chi connectivity index (χ3v) is 3.01. The Bertz CT molecular complexity index is 322. The lowest BCUT2D eigenvalue weighted by molar-refractivity contribution is 0.728. The lowest BCUT2D eigenvalue weighted by atomic mass is 9.97. The highest BCUT2D eigenvalue weighted by atomic mass is 32.1. The number of nitrogens with zero attached hydrogens (tertiary/aromatic N) is 1. The number of thiazole rings is 1. The molecule has 0 saturated carbocycles. The van der Waals surface area contributed by atoms with Crippen molar-refractivity contribution in [2.45, 2.75) is 19.8 Å². The number of hydrogen-bond donors (Lipinski definition) is 0. The second-order valence-electron chi connectivity index (χ2n) is 3.45. The van der Waals surface area contributed by atoms with Crippen molar-refractivity contribution in [3.8, 4) is 0 Å². The Morgan fingerprint density at radius 3 is 3.15 bits per heavy atom.